The van der Waals surface area contributed by atoms with Crippen molar-refractivity contribution in [2.24, 2.45) is 0 Å². The monoisotopic (exact) mass is 314 g/mol. The second-order valence-electron chi connectivity index (χ2n) is 4.39. The Morgan fingerprint density at radius 2 is 1.95 bits per heavy atom. The topological polar surface area (TPSA) is 56.0 Å². The third-order valence-corrected chi connectivity index (χ3v) is 2.87. The van der Waals surface area contributed by atoms with E-state index in [-0.39, 0.29) is 11.3 Å². The zero-order chi connectivity index (χ0) is 16.3. The number of nitrogens with zero attached hydrogens (tertiary/aromatic N) is 1. The molecule has 0 fully saturated rings. The Balaban J connectivity index is 2.19. The number of carbonyl (C=O) groups is 1. The van der Waals surface area contributed by atoms with Crippen LogP contribution in [0.1, 0.15) is 21.6 Å². The molecule has 22 heavy (non-hydrogen) atoms. The van der Waals surface area contributed by atoms with Crippen molar-refractivity contribution in [2.75, 3.05) is 0 Å². The van der Waals surface area contributed by atoms with Gasteiger partial charge < -0.3 is 10.5 Å². The van der Waals surface area contributed by atoms with E-state index in [1.165, 1.54) is 18.2 Å². The fourth-order valence-corrected chi connectivity index (χ4v) is 1.84. The van der Waals surface area contributed by atoms with Gasteiger partial charge in [-0.05, 0) is 23.8 Å². The van der Waals surface area contributed by atoms with Crippen LogP contribution in [-0.2, 0) is 12.7 Å². The van der Waals surface area contributed by atoms with Crippen molar-refractivity contribution in [2.45, 2.75) is 12.7 Å². The maximum absolute atomic E-state index is 13.0. The van der Waals surface area contributed by atoms with Crippen LogP contribution < -0.4 is 10.0 Å². The van der Waals surface area contributed by atoms with Crippen LogP contribution in [0.4, 0.5) is 17.6 Å². The molecule has 0 aliphatic rings. The molecule has 2 rings (SSSR count). The minimum Gasteiger partial charge on any atom is -0.618 e. The summed E-state index contributed by atoms with van der Waals surface area (Å²) in [5.41, 5.74) is -1.72. The van der Waals surface area contributed by atoms with E-state index in [0.717, 1.165) is 18.3 Å². The number of hydrogen-bond acceptors (Lipinski definition) is 2. The van der Waals surface area contributed by atoms with Gasteiger partial charge >= 0.3 is 12.1 Å². The highest BCUT2D eigenvalue weighted by Crippen LogP contribution is 2.32. The molecular weight excluding hydrogens is 304 g/mol. The molecule has 0 saturated carbocycles. The minimum atomic E-state index is -4.74. The SMILES string of the molecule is O=C(NCc1ccc(F)cc1C(F)(F)F)c1cccc[n+]1[O-]. The highest BCUT2D eigenvalue weighted by Gasteiger charge is 2.33. The lowest BCUT2D eigenvalue weighted by molar-refractivity contribution is -0.607. The number of alkyl halides is 3. The standard InChI is InChI=1S/C14H10F4N2O2/c15-10-5-4-9(11(7-10)14(16,17)18)8-19-13(21)12-3-1-2-6-20(12)22/h1-7H,8H2,(H,19,21). The summed E-state index contributed by atoms with van der Waals surface area (Å²) >= 11 is 0. The molecule has 0 spiro atoms. The zero-order valence-corrected chi connectivity index (χ0v) is 11.0. The van der Waals surface area contributed by atoms with Crippen LogP contribution in [0.5, 0.6) is 0 Å². The predicted molar refractivity (Wildman–Crippen MR) is 68.0 cm³/mol. The zero-order valence-electron chi connectivity index (χ0n) is 11.0. The van der Waals surface area contributed by atoms with E-state index >= 15 is 0 Å². The van der Waals surface area contributed by atoms with Crippen LogP contribution in [-0.4, -0.2) is 5.91 Å². The molecule has 0 saturated heterocycles. The second-order valence-corrected chi connectivity index (χ2v) is 4.39. The molecule has 1 aromatic heterocycles. The van der Waals surface area contributed by atoms with Gasteiger partial charge in [0.05, 0.1) is 5.56 Å². The van der Waals surface area contributed by atoms with E-state index in [9.17, 15) is 27.6 Å². The molecule has 0 bridgehead atoms. The van der Waals surface area contributed by atoms with Crippen LogP contribution in [0.25, 0.3) is 0 Å². The summed E-state index contributed by atoms with van der Waals surface area (Å²) in [4.78, 5) is 11.8. The number of halogens is 4. The normalized spacial score (nSPS) is 11.3. The molecule has 4 nitrogen and oxygen atoms in total. The molecule has 1 aromatic carbocycles. The fourth-order valence-electron chi connectivity index (χ4n) is 1.84. The van der Waals surface area contributed by atoms with E-state index in [1.807, 2.05) is 0 Å². The molecule has 1 N–H and O–H groups in total. The average molecular weight is 314 g/mol. The number of aromatic nitrogens is 1. The van der Waals surface area contributed by atoms with Crippen molar-refractivity contribution < 1.29 is 27.1 Å². The molecule has 1 amide bonds. The summed E-state index contributed by atoms with van der Waals surface area (Å²) in [6.07, 6.45) is -3.65. The largest absolute Gasteiger partial charge is 0.618 e. The summed E-state index contributed by atoms with van der Waals surface area (Å²) in [6.45, 7) is -0.483. The lowest BCUT2D eigenvalue weighted by Gasteiger charge is -2.13. The van der Waals surface area contributed by atoms with Gasteiger partial charge in [0.1, 0.15) is 5.82 Å². The highest BCUT2D eigenvalue weighted by atomic mass is 19.4. The summed E-state index contributed by atoms with van der Waals surface area (Å²) in [5.74, 6) is -1.85. The first-order valence-corrected chi connectivity index (χ1v) is 6.11. The molecule has 116 valence electrons. The number of hydrogen-bond donors (Lipinski definition) is 1. The van der Waals surface area contributed by atoms with Gasteiger partial charge in [-0.15, -0.1) is 0 Å². The van der Waals surface area contributed by atoms with Crippen molar-refractivity contribution in [3.05, 3.63) is 70.4 Å². The van der Waals surface area contributed by atoms with Gasteiger partial charge in [0.25, 0.3) is 5.69 Å². The maximum Gasteiger partial charge on any atom is 0.416 e. The minimum absolute atomic E-state index is 0.252. The van der Waals surface area contributed by atoms with Crippen LogP contribution in [0, 0.1) is 11.0 Å². The first-order valence-electron chi connectivity index (χ1n) is 6.11. The molecule has 8 heteroatoms. The molecular formula is C14H10F4N2O2. The summed E-state index contributed by atoms with van der Waals surface area (Å²) in [6, 6.07) is 6.25. The third kappa shape index (κ3) is 3.51. The highest BCUT2D eigenvalue weighted by molar-refractivity contribution is 5.90. The summed E-state index contributed by atoms with van der Waals surface area (Å²) < 4.78 is 51.7. The van der Waals surface area contributed by atoms with Crippen LogP contribution in [0.15, 0.2) is 42.6 Å². The Hall–Kier alpha value is -2.64. The van der Waals surface area contributed by atoms with Crippen molar-refractivity contribution in [3.63, 3.8) is 0 Å². The van der Waals surface area contributed by atoms with Crippen molar-refractivity contribution in [1.29, 1.82) is 0 Å². The van der Waals surface area contributed by atoms with E-state index in [2.05, 4.69) is 5.32 Å². The van der Waals surface area contributed by atoms with Gasteiger partial charge in [0.2, 0.25) is 0 Å². The number of benzene rings is 1. The quantitative estimate of drug-likeness (QED) is 0.537. The molecule has 0 aliphatic carbocycles. The molecule has 0 aliphatic heterocycles. The Bertz CT molecular complexity index is 701. The second kappa shape index (κ2) is 6.00. The number of nitrogens with one attached hydrogen (secondary N) is 1. The number of amides is 1. The van der Waals surface area contributed by atoms with Gasteiger partial charge in [0, 0.05) is 18.7 Å². The van der Waals surface area contributed by atoms with Gasteiger partial charge in [-0.25, -0.2) is 4.39 Å². The molecule has 1 heterocycles. The lowest BCUT2D eigenvalue weighted by Crippen LogP contribution is -2.39. The number of carbonyl (C=O) groups excluding carboxylic acids is 1. The summed E-state index contributed by atoms with van der Waals surface area (Å²) in [7, 11) is 0. The molecule has 0 radical (unpaired) electrons. The Labute approximate surface area is 122 Å². The molecule has 2 aromatic rings. The van der Waals surface area contributed by atoms with Crippen molar-refractivity contribution >= 4 is 5.91 Å². The Morgan fingerprint density at radius 3 is 2.59 bits per heavy atom. The number of rotatable bonds is 3. The maximum atomic E-state index is 13.0. The van der Waals surface area contributed by atoms with Crippen molar-refractivity contribution in [3.8, 4) is 0 Å². The van der Waals surface area contributed by atoms with E-state index < -0.39 is 30.0 Å². The van der Waals surface area contributed by atoms with E-state index in [0.29, 0.717) is 10.8 Å². The van der Waals surface area contributed by atoms with E-state index in [4.69, 9.17) is 0 Å². The average Bonchev–Trinajstić information content (AvgIpc) is 2.45. The first-order chi connectivity index (χ1) is 10.3. The van der Waals surface area contributed by atoms with Gasteiger partial charge in [-0.2, -0.15) is 17.9 Å². The Morgan fingerprint density at radius 1 is 1.23 bits per heavy atom. The molecule has 0 unspecified atom stereocenters. The molecule has 0 atom stereocenters. The van der Waals surface area contributed by atoms with E-state index in [1.54, 1.807) is 0 Å². The predicted octanol–water partition coefficient (Wildman–Crippen LogP) is 2.41. The van der Waals surface area contributed by atoms with Gasteiger partial charge in [-0.3, -0.25) is 4.79 Å². The van der Waals surface area contributed by atoms with Crippen LogP contribution >= 0.6 is 0 Å². The van der Waals surface area contributed by atoms with Gasteiger partial charge in [0.15, 0.2) is 6.20 Å². The smallest absolute Gasteiger partial charge is 0.416 e. The third-order valence-electron chi connectivity index (χ3n) is 2.87. The first kappa shape index (κ1) is 15.7. The van der Waals surface area contributed by atoms with Crippen LogP contribution in [0.2, 0.25) is 0 Å². The van der Waals surface area contributed by atoms with Crippen LogP contribution in [0.3, 0.4) is 0 Å². The fraction of sp³-hybridized carbons (Fsp3) is 0.143. The summed E-state index contributed by atoms with van der Waals surface area (Å²) in [5, 5.41) is 13.6. The Kier molecular flexibility index (Phi) is 4.30. The van der Waals surface area contributed by atoms with Gasteiger partial charge in [-0.1, -0.05) is 6.07 Å². The number of pyridine rings is 1. The lowest BCUT2D eigenvalue weighted by atomic mass is 10.1. The van der Waals surface area contributed by atoms with Crippen molar-refractivity contribution in [1.82, 2.24) is 5.32 Å².